The van der Waals surface area contributed by atoms with E-state index in [2.05, 4.69) is 36.4 Å². The van der Waals surface area contributed by atoms with Gasteiger partial charge in [0.2, 0.25) is 0 Å². The average Bonchev–Trinajstić information content (AvgIpc) is 0.811. The molecule has 2 heteroatoms. The monoisotopic (exact) mass is 234 g/mol. The Balaban J connectivity index is 0. The van der Waals surface area contributed by atoms with Crippen LogP contribution in [0.2, 0.25) is 0 Å². The third kappa shape index (κ3) is 32.9. The first-order chi connectivity index (χ1) is 1.73. The molecule has 0 bridgehead atoms. The van der Waals surface area contributed by atoms with E-state index in [0.717, 1.165) is 3.92 Å². The summed E-state index contributed by atoms with van der Waals surface area (Å²) in [5.41, 5.74) is 0. The molecule has 0 nitrogen and oxygen atoms in total. The number of alkyl halides is 1. The first kappa shape index (κ1) is 9.61. The first-order valence-corrected chi connectivity index (χ1v) is 2.62. The Hall–Kier alpha value is 1.35. The van der Waals surface area contributed by atoms with E-state index in [1.165, 1.54) is 0 Å². The minimum Gasteiger partial charge on any atom is -0.0832 e. The molecule has 0 aliphatic heterocycles. The van der Waals surface area contributed by atoms with Gasteiger partial charge in [0.15, 0.2) is 0 Å². The van der Waals surface area contributed by atoms with Gasteiger partial charge in [0, 0.05) is 23.4 Å². The summed E-state index contributed by atoms with van der Waals surface area (Å²) >= 11 is 2.34. The van der Waals surface area contributed by atoms with Crippen LogP contribution >= 0.6 is 22.6 Å². The van der Waals surface area contributed by atoms with Crippen molar-refractivity contribution in [1.82, 2.24) is 0 Å². The molecule has 0 atom stereocenters. The molecule has 0 radical (unpaired) electrons. The van der Waals surface area contributed by atoms with Crippen LogP contribution < -0.4 is 0 Å². The molecule has 0 aromatic rings. The van der Waals surface area contributed by atoms with Crippen LogP contribution in [0.1, 0.15) is 13.8 Å². The molecule has 0 aromatic carbocycles. The fourth-order valence-electron chi connectivity index (χ4n) is 0. The fraction of sp³-hybridized carbons (Fsp3) is 1.00. The minimum absolute atomic E-state index is 0. The molecule has 0 N–H and O–H groups in total. The van der Waals surface area contributed by atoms with Crippen molar-refractivity contribution in [1.29, 1.82) is 0 Å². The van der Waals surface area contributed by atoms with Gasteiger partial charge in [0.25, 0.3) is 0 Å². The Morgan fingerprint density at radius 2 is 1.40 bits per heavy atom. The van der Waals surface area contributed by atoms with E-state index >= 15 is 0 Å². The maximum absolute atomic E-state index is 2.34. The van der Waals surface area contributed by atoms with Gasteiger partial charge in [0.1, 0.15) is 0 Å². The number of halogens is 1. The predicted octanol–water partition coefficient (Wildman–Crippen LogP) is 1.83. The van der Waals surface area contributed by atoms with Crippen LogP contribution in [-0.4, -0.2) is 3.92 Å². The van der Waals surface area contributed by atoms with E-state index in [0.29, 0.717) is 0 Å². The van der Waals surface area contributed by atoms with E-state index in [9.17, 15) is 0 Å². The van der Waals surface area contributed by atoms with Crippen molar-refractivity contribution in [3.8, 4) is 0 Å². The van der Waals surface area contributed by atoms with Crippen LogP contribution in [0.15, 0.2) is 0 Å². The molecule has 0 saturated heterocycles. The van der Waals surface area contributed by atoms with Gasteiger partial charge in [-0.25, -0.2) is 0 Å². The maximum atomic E-state index is 2.34. The Bertz CT molecular complexity index is 11.6. The first-order valence-electron chi connectivity index (χ1n) is 1.37. The summed E-state index contributed by atoms with van der Waals surface area (Å²) < 4.78 is 0.803. The molecule has 0 aromatic heterocycles. The molecule has 0 rings (SSSR count). The van der Waals surface area contributed by atoms with Gasteiger partial charge in [-0.2, -0.15) is 0 Å². The van der Waals surface area contributed by atoms with Crippen molar-refractivity contribution in [3.05, 3.63) is 0 Å². The molecule has 0 aliphatic rings. The third-order valence-electron chi connectivity index (χ3n) is 0. The number of hydrogen-bond acceptors (Lipinski definition) is 0. The predicted molar refractivity (Wildman–Crippen MR) is 29.2 cm³/mol. The van der Waals surface area contributed by atoms with E-state index < -0.39 is 0 Å². The van der Waals surface area contributed by atoms with Gasteiger partial charge in [-0.15, -0.1) is 0 Å². The van der Waals surface area contributed by atoms with Crippen molar-refractivity contribution in [2.75, 3.05) is 0 Å². The molecule has 0 amide bonds. The molecular weight excluding hydrogens is 228 g/mol. The summed E-state index contributed by atoms with van der Waals surface area (Å²) in [6.07, 6.45) is 0. The standard InChI is InChI=1S/C3H7I.Zn/c1-3(2)4;/h3H,1-2H3;. The van der Waals surface area contributed by atoms with E-state index in [-0.39, 0.29) is 19.5 Å². The second-order valence-electron chi connectivity index (χ2n) is 1.01. The van der Waals surface area contributed by atoms with Crippen molar-refractivity contribution >= 4 is 22.6 Å². The fourth-order valence-corrected chi connectivity index (χ4v) is 0. The van der Waals surface area contributed by atoms with Gasteiger partial charge in [-0.1, -0.05) is 36.4 Å². The second kappa shape index (κ2) is 5.35. The zero-order valence-electron chi connectivity index (χ0n) is 3.66. The molecular formula is C3H7IZn. The van der Waals surface area contributed by atoms with Crippen molar-refractivity contribution < 1.29 is 19.5 Å². The van der Waals surface area contributed by atoms with E-state index in [1.807, 2.05) is 0 Å². The number of rotatable bonds is 0. The van der Waals surface area contributed by atoms with Gasteiger partial charge in [-0.05, 0) is 0 Å². The summed E-state index contributed by atoms with van der Waals surface area (Å²) in [6, 6.07) is 0. The van der Waals surface area contributed by atoms with Crippen LogP contribution in [0.3, 0.4) is 0 Å². The molecule has 0 saturated carbocycles. The quantitative estimate of drug-likeness (QED) is 0.341. The maximum Gasteiger partial charge on any atom is 0.00530 e. The second-order valence-corrected chi connectivity index (χ2v) is 3.51. The molecule has 0 fully saturated rings. The van der Waals surface area contributed by atoms with Crippen LogP contribution in [0.4, 0.5) is 0 Å². The van der Waals surface area contributed by atoms with E-state index in [1.54, 1.807) is 0 Å². The summed E-state index contributed by atoms with van der Waals surface area (Å²) in [5, 5.41) is 0. The smallest absolute Gasteiger partial charge is 0.00530 e. The van der Waals surface area contributed by atoms with Crippen molar-refractivity contribution in [3.63, 3.8) is 0 Å². The summed E-state index contributed by atoms with van der Waals surface area (Å²) in [4.78, 5) is 0. The van der Waals surface area contributed by atoms with Crippen LogP contribution in [0, 0.1) is 0 Å². The Morgan fingerprint density at radius 3 is 1.40 bits per heavy atom. The van der Waals surface area contributed by atoms with Gasteiger partial charge in [-0.3, -0.25) is 0 Å². The topological polar surface area (TPSA) is 0 Å². The number of hydrogen-bond donors (Lipinski definition) is 0. The van der Waals surface area contributed by atoms with Crippen LogP contribution in [0.5, 0.6) is 0 Å². The Kier molecular flexibility index (Phi) is 10.3. The average molecular weight is 235 g/mol. The zero-order chi connectivity index (χ0) is 3.58. The van der Waals surface area contributed by atoms with Crippen LogP contribution in [-0.2, 0) is 19.5 Å². The molecule has 0 aliphatic carbocycles. The molecule has 0 unspecified atom stereocenters. The van der Waals surface area contributed by atoms with Crippen LogP contribution in [0.25, 0.3) is 0 Å². The largest absolute Gasteiger partial charge is 0.0832 e. The van der Waals surface area contributed by atoms with E-state index in [4.69, 9.17) is 0 Å². The van der Waals surface area contributed by atoms with Gasteiger partial charge in [0.05, 0.1) is 0 Å². The molecule has 0 heterocycles. The Labute approximate surface area is 59.6 Å². The molecule has 0 spiro atoms. The Morgan fingerprint density at radius 1 is 1.40 bits per heavy atom. The normalized spacial score (nSPS) is 7.20. The van der Waals surface area contributed by atoms with Gasteiger partial charge >= 0.3 is 0 Å². The van der Waals surface area contributed by atoms with Crippen molar-refractivity contribution in [2.24, 2.45) is 0 Å². The summed E-state index contributed by atoms with van der Waals surface area (Å²) in [7, 11) is 0. The molecule has 5 heavy (non-hydrogen) atoms. The SMILES string of the molecule is CC(C)I.[Zn]. The summed E-state index contributed by atoms with van der Waals surface area (Å²) in [5.74, 6) is 0. The van der Waals surface area contributed by atoms with Gasteiger partial charge < -0.3 is 0 Å². The third-order valence-corrected chi connectivity index (χ3v) is 0. The minimum atomic E-state index is 0. The molecule has 28 valence electrons. The zero-order valence-corrected chi connectivity index (χ0v) is 8.79. The van der Waals surface area contributed by atoms with Crippen molar-refractivity contribution in [2.45, 2.75) is 17.8 Å². The summed E-state index contributed by atoms with van der Waals surface area (Å²) in [6.45, 7) is 4.31.